The van der Waals surface area contributed by atoms with Crippen molar-refractivity contribution < 1.29 is 40.7 Å². The van der Waals surface area contributed by atoms with Crippen molar-refractivity contribution in [3.63, 3.8) is 0 Å². The fraction of sp³-hybridized carbons (Fsp3) is 0.571. The number of alkyl halides is 6. The Bertz CT molecular complexity index is 975. The lowest BCUT2D eigenvalue weighted by atomic mass is 9.88. The molecule has 0 spiro atoms. The normalized spacial score (nSPS) is 23.9. The van der Waals surface area contributed by atoms with E-state index in [1.165, 1.54) is 23.0 Å². The van der Waals surface area contributed by atoms with Crippen LogP contribution in [0.3, 0.4) is 0 Å². The van der Waals surface area contributed by atoms with Crippen molar-refractivity contribution in [2.75, 3.05) is 33.3 Å². The van der Waals surface area contributed by atoms with Crippen molar-refractivity contribution in [3.05, 3.63) is 34.9 Å². The number of hydrogen-bond donors (Lipinski definition) is 1. The molecule has 3 atom stereocenters. The first-order chi connectivity index (χ1) is 15.9. The third-order valence-electron chi connectivity index (χ3n) is 6.06. The van der Waals surface area contributed by atoms with E-state index in [9.17, 15) is 35.9 Å². The maximum Gasteiger partial charge on any atom is 0.417 e. The van der Waals surface area contributed by atoms with Gasteiger partial charge in [-0.2, -0.15) is 31.6 Å². The van der Waals surface area contributed by atoms with E-state index in [0.717, 1.165) is 12.1 Å². The Morgan fingerprint density at radius 1 is 1.09 bits per heavy atom. The maximum atomic E-state index is 13.8. The minimum atomic E-state index is -4.92. The quantitative estimate of drug-likeness (QED) is 0.641. The molecule has 2 saturated heterocycles. The van der Waals surface area contributed by atoms with Crippen LogP contribution in [-0.2, 0) is 15.7 Å². The smallest absolute Gasteiger partial charge is 0.417 e. The van der Waals surface area contributed by atoms with Gasteiger partial charge in [0.1, 0.15) is 6.04 Å². The molecule has 2 amide bonds. The fourth-order valence-corrected chi connectivity index (χ4v) is 4.41. The highest BCUT2D eigenvalue weighted by molar-refractivity contribution is 5.82. The van der Waals surface area contributed by atoms with Crippen molar-refractivity contribution in [1.29, 1.82) is 5.26 Å². The van der Waals surface area contributed by atoms with Crippen LogP contribution >= 0.6 is 0 Å². The number of amides is 2. The molecular formula is C21H22F6N4O3. The van der Waals surface area contributed by atoms with Gasteiger partial charge in [0.25, 0.3) is 0 Å². The molecule has 3 unspecified atom stereocenters. The average molecular weight is 492 g/mol. The highest BCUT2D eigenvalue weighted by atomic mass is 19.4. The van der Waals surface area contributed by atoms with Crippen molar-refractivity contribution in [3.8, 4) is 6.07 Å². The standard InChI is InChI=1S/C21H22F6N4O3/c1-34-19(33)31-6-2-5-30(7-8-31)18(32)16-10-14(17(29-16)21(25,26)27)12-3-4-13(11-28)15(9-12)20(22,23)24/h3-4,9,14,16-17,29H,2,5-8,10H2,1H3. The molecule has 13 heteroatoms. The molecule has 186 valence electrons. The first-order valence-corrected chi connectivity index (χ1v) is 10.4. The number of carbonyl (C=O) groups is 2. The maximum absolute atomic E-state index is 13.8. The minimum absolute atomic E-state index is 0.0859. The number of benzene rings is 1. The molecule has 0 saturated carbocycles. The Hall–Kier alpha value is -3.01. The van der Waals surface area contributed by atoms with Crippen LogP contribution in [0.1, 0.15) is 35.4 Å². The second-order valence-electron chi connectivity index (χ2n) is 8.13. The first-order valence-electron chi connectivity index (χ1n) is 10.4. The number of rotatable bonds is 2. The molecule has 3 rings (SSSR count). The molecule has 1 aromatic rings. The van der Waals surface area contributed by atoms with Crippen LogP contribution in [0.25, 0.3) is 0 Å². The van der Waals surface area contributed by atoms with E-state index in [4.69, 9.17) is 5.26 Å². The van der Waals surface area contributed by atoms with Crippen molar-refractivity contribution >= 4 is 12.0 Å². The van der Waals surface area contributed by atoms with E-state index in [1.54, 1.807) is 0 Å². The predicted octanol–water partition coefficient (Wildman–Crippen LogP) is 3.25. The van der Waals surface area contributed by atoms with Gasteiger partial charge in [0.15, 0.2) is 0 Å². The lowest BCUT2D eigenvalue weighted by Gasteiger charge is -2.25. The molecule has 2 fully saturated rings. The van der Waals surface area contributed by atoms with E-state index in [1.807, 2.05) is 0 Å². The van der Waals surface area contributed by atoms with E-state index in [-0.39, 0.29) is 31.6 Å². The van der Waals surface area contributed by atoms with Gasteiger partial charge in [0, 0.05) is 32.1 Å². The SMILES string of the molecule is COC(=O)N1CCCN(C(=O)C2CC(c3ccc(C#N)c(C(F)(F)F)c3)C(C(F)(F)F)N2)CC1. The van der Waals surface area contributed by atoms with Gasteiger partial charge in [0.05, 0.1) is 30.3 Å². The van der Waals surface area contributed by atoms with Crippen LogP contribution in [0.5, 0.6) is 0 Å². The summed E-state index contributed by atoms with van der Waals surface area (Å²) in [6, 6.07) is 0.342. The third-order valence-corrected chi connectivity index (χ3v) is 6.06. The average Bonchev–Trinajstić information content (AvgIpc) is 3.09. The molecular weight excluding hydrogens is 470 g/mol. The minimum Gasteiger partial charge on any atom is -0.453 e. The summed E-state index contributed by atoms with van der Waals surface area (Å²) in [7, 11) is 1.21. The predicted molar refractivity (Wildman–Crippen MR) is 105 cm³/mol. The van der Waals surface area contributed by atoms with Gasteiger partial charge in [-0.1, -0.05) is 6.07 Å². The molecule has 0 aromatic heterocycles. The summed E-state index contributed by atoms with van der Waals surface area (Å²) < 4.78 is 86.0. The Morgan fingerprint density at radius 3 is 2.32 bits per heavy atom. The molecule has 0 radical (unpaired) electrons. The lowest BCUT2D eigenvalue weighted by molar-refractivity contribution is -0.156. The Labute approximate surface area is 191 Å². The van der Waals surface area contributed by atoms with Crippen LogP contribution in [-0.4, -0.2) is 73.3 Å². The van der Waals surface area contributed by atoms with Gasteiger partial charge in [0.2, 0.25) is 5.91 Å². The largest absolute Gasteiger partial charge is 0.453 e. The monoisotopic (exact) mass is 492 g/mol. The van der Waals surface area contributed by atoms with Crippen LogP contribution in [0.15, 0.2) is 18.2 Å². The number of halogens is 6. The van der Waals surface area contributed by atoms with E-state index >= 15 is 0 Å². The van der Waals surface area contributed by atoms with Crippen molar-refractivity contribution in [1.82, 2.24) is 15.1 Å². The lowest BCUT2D eigenvalue weighted by Crippen LogP contribution is -2.49. The molecule has 0 bridgehead atoms. The van der Waals surface area contributed by atoms with Crippen LogP contribution in [0.2, 0.25) is 0 Å². The number of carbonyl (C=O) groups excluding carboxylic acids is 2. The molecule has 1 aromatic carbocycles. The van der Waals surface area contributed by atoms with Crippen LogP contribution in [0, 0.1) is 11.3 Å². The molecule has 2 aliphatic rings. The Morgan fingerprint density at radius 2 is 1.74 bits per heavy atom. The zero-order valence-corrected chi connectivity index (χ0v) is 18.0. The number of nitriles is 1. The van der Waals surface area contributed by atoms with Gasteiger partial charge in [-0.25, -0.2) is 4.79 Å². The molecule has 34 heavy (non-hydrogen) atoms. The number of nitrogens with zero attached hydrogens (tertiary/aromatic N) is 3. The van der Waals surface area contributed by atoms with Gasteiger partial charge < -0.3 is 14.5 Å². The molecule has 1 N–H and O–H groups in total. The summed E-state index contributed by atoms with van der Waals surface area (Å²) in [6.45, 7) is 0.749. The topological polar surface area (TPSA) is 85.7 Å². The van der Waals surface area contributed by atoms with Gasteiger partial charge >= 0.3 is 18.4 Å². The number of ether oxygens (including phenoxy) is 1. The molecule has 7 nitrogen and oxygen atoms in total. The summed E-state index contributed by atoms with van der Waals surface area (Å²) >= 11 is 0. The van der Waals surface area contributed by atoms with Crippen molar-refractivity contribution in [2.24, 2.45) is 0 Å². The third kappa shape index (κ3) is 5.38. The highest BCUT2D eigenvalue weighted by Gasteiger charge is 2.52. The van der Waals surface area contributed by atoms with Crippen molar-refractivity contribution in [2.45, 2.75) is 43.2 Å². The number of nitrogens with one attached hydrogen (secondary N) is 1. The van der Waals surface area contributed by atoms with E-state index in [2.05, 4.69) is 10.1 Å². The van der Waals surface area contributed by atoms with Crippen LogP contribution in [0.4, 0.5) is 31.1 Å². The summed E-state index contributed by atoms with van der Waals surface area (Å²) in [5.74, 6) is -2.07. The van der Waals surface area contributed by atoms with E-state index in [0.29, 0.717) is 19.0 Å². The number of hydrogen-bond acceptors (Lipinski definition) is 5. The van der Waals surface area contributed by atoms with Gasteiger partial charge in [-0.3, -0.25) is 10.1 Å². The van der Waals surface area contributed by atoms with Gasteiger partial charge in [-0.05, 0) is 30.5 Å². The molecule has 2 aliphatic heterocycles. The number of methoxy groups -OCH3 is 1. The summed E-state index contributed by atoms with van der Waals surface area (Å²) in [5.41, 5.74) is -2.28. The highest BCUT2D eigenvalue weighted by Crippen LogP contribution is 2.42. The summed E-state index contributed by atoms with van der Waals surface area (Å²) in [6.07, 6.45) is -10.3. The second-order valence-corrected chi connectivity index (χ2v) is 8.13. The zero-order chi connectivity index (χ0) is 25.3. The van der Waals surface area contributed by atoms with Crippen LogP contribution < -0.4 is 5.32 Å². The first kappa shape index (κ1) is 25.6. The fourth-order valence-electron chi connectivity index (χ4n) is 4.41. The molecule has 2 heterocycles. The second kappa shape index (κ2) is 9.69. The summed E-state index contributed by atoms with van der Waals surface area (Å²) in [4.78, 5) is 27.5. The summed E-state index contributed by atoms with van der Waals surface area (Å²) in [5, 5.41) is 11.2. The van der Waals surface area contributed by atoms with E-state index < -0.39 is 53.5 Å². The molecule has 0 aliphatic carbocycles. The van der Waals surface area contributed by atoms with Gasteiger partial charge in [-0.15, -0.1) is 0 Å². The Kier molecular flexibility index (Phi) is 7.30. The zero-order valence-electron chi connectivity index (χ0n) is 18.0. The Balaban J connectivity index is 1.84.